The highest BCUT2D eigenvalue weighted by Gasteiger charge is 2.35. The number of aryl methyl sites for hydroxylation is 1. The van der Waals surface area contributed by atoms with Crippen molar-refractivity contribution >= 4 is 5.91 Å². The normalized spacial score (nSPS) is 14.9. The lowest BCUT2D eigenvalue weighted by Gasteiger charge is -2.40. The minimum atomic E-state index is -0.730. The van der Waals surface area contributed by atoms with Crippen LogP contribution in [0.1, 0.15) is 57.3 Å². The number of benzene rings is 2. The lowest BCUT2D eigenvalue weighted by molar-refractivity contribution is -0.135. The highest BCUT2D eigenvalue weighted by molar-refractivity contribution is 5.78. The maximum atomic E-state index is 13.3. The van der Waals surface area contributed by atoms with E-state index in [0.29, 0.717) is 43.3 Å². The molecule has 0 atom stereocenters. The summed E-state index contributed by atoms with van der Waals surface area (Å²) in [6.45, 7) is 7.22. The van der Waals surface area contributed by atoms with Crippen molar-refractivity contribution in [1.82, 2.24) is 19.9 Å². The van der Waals surface area contributed by atoms with Crippen LogP contribution in [0.15, 0.2) is 48.5 Å². The first-order chi connectivity index (χ1) is 18.2. The van der Waals surface area contributed by atoms with Gasteiger partial charge in [-0.2, -0.15) is 9.97 Å². The maximum Gasteiger partial charge on any atom is 0.328 e. The molecule has 3 aromatic rings. The summed E-state index contributed by atoms with van der Waals surface area (Å²) in [7, 11) is 0. The number of aromatic nitrogens is 3. The van der Waals surface area contributed by atoms with E-state index in [-0.39, 0.29) is 30.2 Å². The number of amides is 1. The average Bonchev–Trinajstić information content (AvgIpc) is 2.90. The van der Waals surface area contributed by atoms with Crippen molar-refractivity contribution in [2.45, 2.75) is 64.9 Å². The number of likely N-dealkylation sites (tertiary alicyclic amines) is 1. The Labute approximate surface area is 222 Å². The second-order valence-corrected chi connectivity index (χ2v) is 9.96. The van der Waals surface area contributed by atoms with Gasteiger partial charge in [0.25, 0.3) is 0 Å². The Morgan fingerprint density at radius 2 is 1.47 bits per heavy atom. The molecule has 2 aromatic carbocycles. The largest absolute Gasteiger partial charge is 0.424 e. The first-order valence-electron chi connectivity index (χ1n) is 13.2. The lowest BCUT2D eigenvalue weighted by Crippen LogP contribution is -2.48. The summed E-state index contributed by atoms with van der Waals surface area (Å²) in [6, 6.07) is 12.8. The van der Waals surface area contributed by atoms with Crippen LogP contribution in [0.5, 0.6) is 23.5 Å². The zero-order chi connectivity index (χ0) is 27.1. The van der Waals surface area contributed by atoms with Crippen LogP contribution in [-0.4, -0.2) is 49.6 Å². The number of nitrogens with zero attached hydrogens (tertiary/aromatic N) is 4. The molecule has 4 rings (SSSR count). The summed E-state index contributed by atoms with van der Waals surface area (Å²) < 4.78 is 24.9. The standard InChI is InChI=1S/C29H35FN4O4/c1-4-21(5-2)19-29(36)14-16-34(17-15-29)26(35)18-25-31-27(37-23-10-6-20(3)7-11-23)33-28(32-25)38-24-12-8-22(30)9-13-24/h6-13,21,36H,4-5,14-19H2,1-3H3. The SMILES string of the molecule is CCC(CC)CC1(O)CCN(C(=O)Cc2nc(Oc3ccc(C)cc3)nc(Oc3ccc(F)cc3)n2)CC1. The predicted molar refractivity (Wildman–Crippen MR) is 141 cm³/mol. The van der Waals surface area contributed by atoms with E-state index in [2.05, 4.69) is 28.8 Å². The van der Waals surface area contributed by atoms with Crippen LogP contribution in [0.3, 0.4) is 0 Å². The van der Waals surface area contributed by atoms with Gasteiger partial charge in [0.15, 0.2) is 0 Å². The summed E-state index contributed by atoms with van der Waals surface area (Å²) in [5, 5.41) is 11.1. The third-order valence-corrected chi connectivity index (χ3v) is 7.07. The Kier molecular flexibility index (Phi) is 8.89. The van der Waals surface area contributed by atoms with Crippen LogP contribution >= 0.6 is 0 Å². The molecule has 0 bridgehead atoms. The van der Waals surface area contributed by atoms with Gasteiger partial charge in [-0.3, -0.25) is 4.79 Å². The predicted octanol–water partition coefficient (Wildman–Crippen LogP) is 5.63. The number of rotatable bonds is 10. The third kappa shape index (κ3) is 7.47. The van der Waals surface area contributed by atoms with Crippen molar-refractivity contribution < 1.29 is 23.8 Å². The van der Waals surface area contributed by atoms with Gasteiger partial charge in [-0.25, -0.2) is 4.39 Å². The summed E-state index contributed by atoms with van der Waals surface area (Å²) >= 11 is 0. The van der Waals surface area contributed by atoms with Gasteiger partial charge >= 0.3 is 12.0 Å². The molecule has 2 heterocycles. The Hall–Kier alpha value is -3.59. The van der Waals surface area contributed by atoms with Crippen molar-refractivity contribution in [3.8, 4) is 23.5 Å². The van der Waals surface area contributed by atoms with E-state index in [9.17, 15) is 14.3 Å². The highest BCUT2D eigenvalue weighted by atomic mass is 19.1. The van der Waals surface area contributed by atoms with E-state index in [0.717, 1.165) is 24.8 Å². The number of piperidine rings is 1. The number of hydrogen-bond donors (Lipinski definition) is 1. The topological polar surface area (TPSA) is 97.7 Å². The number of halogens is 1. The van der Waals surface area contributed by atoms with E-state index in [1.807, 2.05) is 19.1 Å². The fraction of sp³-hybridized carbons (Fsp3) is 0.448. The first-order valence-corrected chi connectivity index (χ1v) is 13.2. The second kappa shape index (κ2) is 12.3. The van der Waals surface area contributed by atoms with Gasteiger partial charge in [-0.15, -0.1) is 4.98 Å². The molecule has 38 heavy (non-hydrogen) atoms. The quantitative estimate of drug-likeness (QED) is 0.369. The van der Waals surface area contributed by atoms with E-state index in [1.165, 1.54) is 24.3 Å². The Balaban J connectivity index is 1.48. The van der Waals surface area contributed by atoms with Crippen LogP contribution in [0.2, 0.25) is 0 Å². The van der Waals surface area contributed by atoms with Gasteiger partial charge < -0.3 is 19.5 Å². The van der Waals surface area contributed by atoms with Crippen molar-refractivity contribution in [2.75, 3.05) is 13.1 Å². The molecule has 1 aromatic heterocycles. The molecule has 0 aliphatic carbocycles. The van der Waals surface area contributed by atoms with Crippen LogP contribution < -0.4 is 9.47 Å². The van der Waals surface area contributed by atoms with E-state index < -0.39 is 11.4 Å². The molecular weight excluding hydrogens is 487 g/mol. The van der Waals surface area contributed by atoms with Crippen LogP contribution in [0.4, 0.5) is 4.39 Å². The van der Waals surface area contributed by atoms with Gasteiger partial charge in [-0.1, -0.05) is 44.4 Å². The molecule has 1 aliphatic heterocycles. The van der Waals surface area contributed by atoms with Crippen molar-refractivity contribution in [3.63, 3.8) is 0 Å². The van der Waals surface area contributed by atoms with Crippen LogP contribution in [-0.2, 0) is 11.2 Å². The molecule has 1 saturated heterocycles. The fourth-order valence-electron chi connectivity index (χ4n) is 4.61. The molecule has 1 fully saturated rings. The smallest absolute Gasteiger partial charge is 0.328 e. The molecule has 1 amide bonds. The Morgan fingerprint density at radius 3 is 2.00 bits per heavy atom. The maximum absolute atomic E-state index is 13.3. The van der Waals surface area contributed by atoms with Crippen molar-refractivity contribution in [1.29, 1.82) is 0 Å². The second-order valence-electron chi connectivity index (χ2n) is 9.96. The molecule has 9 heteroatoms. The summed E-state index contributed by atoms with van der Waals surface area (Å²) in [5.41, 5.74) is 0.346. The van der Waals surface area contributed by atoms with Gasteiger partial charge in [0.05, 0.1) is 12.0 Å². The minimum absolute atomic E-state index is 0.0121. The molecule has 0 radical (unpaired) electrons. The Bertz CT molecular complexity index is 1140. The zero-order valence-corrected chi connectivity index (χ0v) is 22.2. The average molecular weight is 523 g/mol. The summed E-state index contributed by atoms with van der Waals surface area (Å²) in [6.07, 6.45) is 3.86. The highest BCUT2D eigenvalue weighted by Crippen LogP contribution is 2.32. The number of ether oxygens (including phenoxy) is 2. The number of aliphatic hydroxyl groups is 1. The molecule has 8 nitrogen and oxygen atoms in total. The third-order valence-electron chi connectivity index (χ3n) is 7.07. The molecule has 0 saturated carbocycles. The molecule has 1 N–H and O–H groups in total. The number of carbonyl (C=O) groups excluding carboxylic acids is 1. The zero-order valence-electron chi connectivity index (χ0n) is 22.2. The van der Waals surface area contributed by atoms with E-state index >= 15 is 0 Å². The van der Waals surface area contributed by atoms with E-state index in [4.69, 9.17) is 9.47 Å². The van der Waals surface area contributed by atoms with Gasteiger partial charge in [-0.05, 0) is 68.5 Å². The summed E-state index contributed by atoms with van der Waals surface area (Å²) in [5.74, 6) is 1.01. The molecular formula is C29H35FN4O4. The van der Waals surface area contributed by atoms with Crippen molar-refractivity contribution in [3.05, 3.63) is 65.7 Å². The van der Waals surface area contributed by atoms with Crippen molar-refractivity contribution in [2.24, 2.45) is 5.92 Å². The van der Waals surface area contributed by atoms with Gasteiger partial charge in [0.1, 0.15) is 23.1 Å². The molecule has 1 aliphatic rings. The number of hydrogen-bond acceptors (Lipinski definition) is 7. The molecule has 0 unspecified atom stereocenters. The fourth-order valence-corrected chi connectivity index (χ4v) is 4.61. The van der Waals surface area contributed by atoms with Gasteiger partial charge in [0, 0.05) is 13.1 Å². The Morgan fingerprint density at radius 1 is 0.947 bits per heavy atom. The van der Waals surface area contributed by atoms with Gasteiger partial charge in [0.2, 0.25) is 5.91 Å². The van der Waals surface area contributed by atoms with E-state index in [1.54, 1.807) is 17.0 Å². The molecule has 0 spiro atoms. The summed E-state index contributed by atoms with van der Waals surface area (Å²) in [4.78, 5) is 27.8. The first kappa shape index (κ1) is 27.4. The minimum Gasteiger partial charge on any atom is -0.424 e. The van der Waals surface area contributed by atoms with Crippen LogP contribution in [0.25, 0.3) is 0 Å². The molecule has 202 valence electrons. The monoisotopic (exact) mass is 522 g/mol. The van der Waals surface area contributed by atoms with Crippen LogP contribution in [0, 0.1) is 18.7 Å². The lowest BCUT2D eigenvalue weighted by atomic mass is 9.81. The number of carbonyl (C=O) groups is 1.